The molecule has 108 valence electrons. The van der Waals surface area contributed by atoms with Crippen LogP contribution in [0, 0.1) is 17.7 Å². The van der Waals surface area contributed by atoms with Crippen molar-refractivity contribution in [1.29, 1.82) is 0 Å². The Morgan fingerprint density at radius 1 is 1.21 bits per heavy atom. The van der Waals surface area contributed by atoms with Crippen molar-refractivity contribution >= 4 is 0 Å². The maximum atomic E-state index is 13.3. The molecule has 0 saturated carbocycles. The molecular weight excluding hydrogens is 243 g/mol. The SMILES string of the molecule is CC[C@@H](Cc1ccc(F)cc1OCCOC)C(C)C. The van der Waals surface area contributed by atoms with Gasteiger partial charge in [0.15, 0.2) is 0 Å². The third-order valence-corrected chi connectivity index (χ3v) is 3.52. The molecule has 0 bridgehead atoms. The lowest BCUT2D eigenvalue weighted by Gasteiger charge is -2.20. The Kier molecular flexibility index (Phi) is 6.85. The van der Waals surface area contributed by atoms with Gasteiger partial charge in [0.1, 0.15) is 18.2 Å². The Hall–Kier alpha value is -1.09. The van der Waals surface area contributed by atoms with Gasteiger partial charge in [-0.1, -0.05) is 33.3 Å². The number of hydrogen-bond donors (Lipinski definition) is 0. The van der Waals surface area contributed by atoms with Crippen molar-refractivity contribution in [3.8, 4) is 5.75 Å². The van der Waals surface area contributed by atoms with Gasteiger partial charge < -0.3 is 9.47 Å². The number of rotatable bonds is 8. The van der Waals surface area contributed by atoms with Crippen LogP contribution in [0.25, 0.3) is 0 Å². The fourth-order valence-corrected chi connectivity index (χ4v) is 2.20. The minimum atomic E-state index is -0.256. The zero-order chi connectivity index (χ0) is 14.3. The average molecular weight is 268 g/mol. The molecule has 0 aromatic heterocycles. The highest BCUT2D eigenvalue weighted by Crippen LogP contribution is 2.27. The fraction of sp³-hybridized carbons (Fsp3) is 0.625. The highest BCUT2D eigenvalue weighted by molar-refractivity contribution is 5.34. The highest BCUT2D eigenvalue weighted by Gasteiger charge is 2.15. The topological polar surface area (TPSA) is 18.5 Å². The summed E-state index contributed by atoms with van der Waals surface area (Å²) in [5.74, 6) is 1.60. The van der Waals surface area contributed by atoms with Gasteiger partial charge in [0.25, 0.3) is 0 Å². The Labute approximate surface area is 115 Å². The van der Waals surface area contributed by atoms with Crippen molar-refractivity contribution in [1.82, 2.24) is 0 Å². The molecule has 0 aliphatic rings. The quantitative estimate of drug-likeness (QED) is 0.661. The van der Waals surface area contributed by atoms with Crippen LogP contribution < -0.4 is 4.74 Å². The molecule has 1 atom stereocenters. The van der Waals surface area contributed by atoms with Crippen LogP contribution in [0.4, 0.5) is 4.39 Å². The van der Waals surface area contributed by atoms with Crippen molar-refractivity contribution in [3.63, 3.8) is 0 Å². The number of methoxy groups -OCH3 is 1. The normalized spacial score (nSPS) is 12.7. The molecule has 0 radical (unpaired) electrons. The summed E-state index contributed by atoms with van der Waals surface area (Å²) in [5, 5.41) is 0. The van der Waals surface area contributed by atoms with Gasteiger partial charge in [-0.05, 0) is 29.9 Å². The van der Waals surface area contributed by atoms with Crippen LogP contribution in [0.5, 0.6) is 5.75 Å². The standard InChI is InChI=1S/C16H25FO2/c1-5-13(12(2)3)10-14-6-7-15(17)11-16(14)19-9-8-18-4/h6-7,11-13H,5,8-10H2,1-4H3/t13-/m0/s1. The van der Waals surface area contributed by atoms with Gasteiger partial charge in [0.2, 0.25) is 0 Å². The summed E-state index contributed by atoms with van der Waals surface area (Å²) in [6, 6.07) is 4.81. The van der Waals surface area contributed by atoms with Gasteiger partial charge in [0.05, 0.1) is 6.61 Å². The highest BCUT2D eigenvalue weighted by atomic mass is 19.1. The van der Waals surface area contributed by atoms with Crippen molar-refractivity contribution in [2.24, 2.45) is 11.8 Å². The van der Waals surface area contributed by atoms with Gasteiger partial charge in [-0.3, -0.25) is 0 Å². The summed E-state index contributed by atoms with van der Waals surface area (Å²) >= 11 is 0. The molecule has 0 heterocycles. The number of benzene rings is 1. The lowest BCUT2D eigenvalue weighted by Crippen LogP contribution is -2.13. The van der Waals surface area contributed by atoms with E-state index in [1.165, 1.54) is 12.1 Å². The monoisotopic (exact) mass is 268 g/mol. The Bertz CT molecular complexity index is 377. The number of ether oxygens (including phenoxy) is 2. The van der Waals surface area contributed by atoms with Gasteiger partial charge in [-0.25, -0.2) is 4.39 Å². The summed E-state index contributed by atoms with van der Waals surface area (Å²) in [7, 11) is 1.63. The zero-order valence-corrected chi connectivity index (χ0v) is 12.4. The van der Waals surface area contributed by atoms with E-state index in [1.807, 2.05) is 6.07 Å². The van der Waals surface area contributed by atoms with E-state index >= 15 is 0 Å². The first-order valence-corrected chi connectivity index (χ1v) is 6.98. The minimum Gasteiger partial charge on any atom is -0.491 e. The van der Waals surface area contributed by atoms with Crippen molar-refractivity contribution < 1.29 is 13.9 Å². The molecule has 2 nitrogen and oxygen atoms in total. The molecule has 0 amide bonds. The predicted molar refractivity (Wildman–Crippen MR) is 76.1 cm³/mol. The maximum Gasteiger partial charge on any atom is 0.126 e. The van der Waals surface area contributed by atoms with E-state index < -0.39 is 0 Å². The molecule has 0 unspecified atom stereocenters. The molecule has 1 aromatic carbocycles. The van der Waals surface area contributed by atoms with Crippen molar-refractivity contribution in [2.45, 2.75) is 33.6 Å². The second-order valence-corrected chi connectivity index (χ2v) is 5.21. The van der Waals surface area contributed by atoms with Crippen molar-refractivity contribution in [3.05, 3.63) is 29.6 Å². The summed E-state index contributed by atoms with van der Waals surface area (Å²) in [6.45, 7) is 7.61. The third-order valence-electron chi connectivity index (χ3n) is 3.52. The second-order valence-electron chi connectivity index (χ2n) is 5.21. The third kappa shape index (κ3) is 5.19. The molecule has 0 saturated heterocycles. The number of halogens is 1. The summed E-state index contributed by atoms with van der Waals surface area (Å²) < 4.78 is 23.9. The average Bonchev–Trinajstić information content (AvgIpc) is 2.37. The summed E-state index contributed by atoms with van der Waals surface area (Å²) in [4.78, 5) is 0. The van der Waals surface area contributed by atoms with Gasteiger partial charge in [0, 0.05) is 13.2 Å². The van der Waals surface area contributed by atoms with E-state index in [1.54, 1.807) is 7.11 Å². The fourth-order valence-electron chi connectivity index (χ4n) is 2.20. The summed E-state index contributed by atoms with van der Waals surface area (Å²) in [5.41, 5.74) is 1.08. The minimum absolute atomic E-state index is 0.256. The van der Waals surface area contributed by atoms with Crippen LogP contribution in [-0.2, 0) is 11.2 Å². The van der Waals surface area contributed by atoms with E-state index in [0.717, 1.165) is 18.4 Å². The van der Waals surface area contributed by atoms with E-state index in [-0.39, 0.29) is 5.82 Å². The second kappa shape index (κ2) is 8.16. The maximum absolute atomic E-state index is 13.3. The molecule has 0 aliphatic carbocycles. The molecule has 0 spiro atoms. The Morgan fingerprint density at radius 3 is 2.53 bits per heavy atom. The molecule has 1 aromatic rings. The Balaban J connectivity index is 2.80. The van der Waals surface area contributed by atoms with E-state index in [0.29, 0.717) is 30.8 Å². The van der Waals surface area contributed by atoms with Crippen LogP contribution in [0.3, 0.4) is 0 Å². The molecule has 0 N–H and O–H groups in total. The molecule has 19 heavy (non-hydrogen) atoms. The molecule has 3 heteroatoms. The van der Waals surface area contributed by atoms with E-state index in [9.17, 15) is 4.39 Å². The van der Waals surface area contributed by atoms with E-state index in [4.69, 9.17) is 9.47 Å². The molecule has 0 fully saturated rings. The lowest BCUT2D eigenvalue weighted by molar-refractivity contribution is 0.145. The van der Waals surface area contributed by atoms with Gasteiger partial charge in [-0.15, -0.1) is 0 Å². The first kappa shape index (κ1) is 16.0. The summed E-state index contributed by atoms with van der Waals surface area (Å²) in [6.07, 6.45) is 2.04. The van der Waals surface area contributed by atoms with Gasteiger partial charge in [-0.2, -0.15) is 0 Å². The molecule has 0 aliphatic heterocycles. The van der Waals surface area contributed by atoms with Gasteiger partial charge >= 0.3 is 0 Å². The van der Waals surface area contributed by atoms with Crippen LogP contribution in [-0.4, -0.2) is 20.3 Å². The molecular formula is C16H25FO2. The molecule has 1 rings (SSSR count). The number of hydrogen-bond acceptors (Lipinski definition) is 2. The van der Waals surface area contributed by atoms with Crippen LogP contribution in [0.2, 0.25) is 0 Å². The smallest absolute Gasteiger partial charge is 0.126 e. The lowest BCUT2D eigenvalue weighted by atomic mass is 9.87. The first-order chi connectivity index (χ1) is 9.08. The van der Waals surface area contributed by atoms with Crippen LogP contribution in [0.15, 0.2) is 18.2 Å². The Morgan fingerprint density at radius 2 is 1.95 bits per heavy atom. The zero-order valence-electron chi connectivity index (χ0n) is 12.4. The van der Waals surface area contributed by atoms with Crippen molar-refractivity contribution in [2.75, 3.05) is 20.3 Å². The first-order valence-electron chi connectivity index (χ1n) is 6.98. The largest absolute Gasteiger partial charge is 0.491 e. The van der Waals surface area contributed by atoms with Crippen LogP contribution in [0.1, 0.15) is 32.8 Å². The predicted octanol–water partition coefficient (Wildman–Crippen LogP) is 4.08. The van der Waals surface area contributed by atoms with E-state index in [2.05, 4.69) is 20.8 Å². The van der Waals surface area contributed by atoms with Crippen LogP contribution >= 0.6 is 0 Å².